The quantitative estimate of drug-likeness (QED) is 0.900. The van der Waals surface area contributed by atoms with Crippen LogP contribution in [0.4, 0.5) is 11.4 Å². The van der Waals surface area contributed by atoms with Gasteiger partial charge in [0, 0.05) is 18.8 Å². The third kappa shape index (κ3) is 2.97. The number of nitrogens with one attached hydrogen (secondary N) is 1. The molecule has 0 aliphatic carbocycles. The van der Waals surface area contributed by atoms with Gasteiger partial charge in [0.2, 0.25) is 11.8 Å². The van der Waals surface area contributed by atoms with E-state index >= 15 is 0 Å². The molecule has 1 N–H and O–H groups in total. The van der Waals surface area contributed by atoms with Gasteiger partial charge in [0.1, 0.15) is 18.8 Å². The molecule has 0 spiro atoms. The maximum atomic E-state index is 12.3. The van der Waals surface area contributed by atoms with E-state index in [-0.39, 0.29) is 24.8 Å². The first-order valence-electron chi connectivity index (χ1n) is 6.57. The Balaban J connectivity index is 2.30. The second kappa shape index (κ2) is 5.44. The molecule has 0 saturated heterocycles. The van der Waals surface area contributed by atoms with E-state index in [1.165, 1.54) is 0 Å². The van der Waals surface area contributed by atoms with Crippen molar-refractivity contribution in [3.63, 3.8) is 0 Å². The summed E-state index contributed by atoms with van der Waals surface area (Å²) in [6.07, 6.45) is -0.205. The molecule has 0 radical (unpaired) electrons. The maximum Gasteiger partial charge on any atom is 0.238 e. The number of ether oxygens (including phenoxy) is 1. The summed E-state index contributed by atoms with van der Waals surface area (Å²) in [5.41, 5.74) is 0.580. The Labute approximate surface area is 123 Å². The molecule has 1 aliphatic rings. The molecule has 1 heterocycles. The van der Waals surface area contributed by atoms with E-state index in [1.54, 1.807) is 36.2 Å². The molecule has 1 aliphatic heterocycles. The minimum Gasteiger partial charge on any atom is -0.490 e. The van der Waals surface area contributed by atoms with Crippen LogP contribution in [-0.2, 0) is 9.59 Å². The molecule has 6 nitrogen and oxygen atoms in total. The topological polar surface area (TPSA) is 82.4 Å². The zero-order chi connectivity index (χ0) is 15.6. The SMILES string of the molecule is CN1C(=O)C(C)(C)COc2cc(NC(=O)CC#N)ccc21. The van der Waals surface area contributed by atoms with Crippen molar-refractivity contribution in [2.75, 3.05) is 23.9 Å². The Bertz CT molecular complexity index is 632. The van der Waals surface area contributed by atoms with Crippen LogP contribution in [0.2, 0.25) is 0 Å². The van der Waals surface area contributed by atoms with E-state index < -0.39 is 5.41 Å². The summed E-state index contributed by atoms with van der Waals surface area (Å²) in [5, 5.41) is 11.1. The van der Waals surface area contributed by atoms with Crippen LogP contribution >= 0.6 is 0 Å². The van der Waals surface area contributed by atoms with Gasteiger partial charge in [0.05, 0.1) is 17.2 Å². The van der Waals surface area contributed by atoms with Gasteiger partial charge in [-0.1, -0.05) is 0 Å². The summed E-state index contributed by atoms with van der Waals surface area (Å²) < 4.78 is 5.71. The minimum absolute atomic E-state index is 0.0254. The first-order valence-corrected chi connectivity index (χ1v) is 6.57. The highest BCUT2D eigenvalue weighted by molar-refractivity contribution is 5.99. The summed E-state index contributed by atoms with van der Waals surface area (Å²) in [7, 11) is 1.70. The van der Waals surface area contributed by atoms with Gasteiger partial charge in [-0.2, -0.15) is 5.26 Å². The number of hydrogen-bond acceptors (Lipinski definition) is 4. The fourth-order valence-electron chi connectivity index (χ4n) is 2.14. The van der Waals surface area contributed by atoms with Gasteiger partial charge in [0.25, 0.3) is 0 Å². The van der Waals surface area contributed by atoms with Gasteiger partial charge in [-0.15, -0.1) is 0 Å². The molecule has 1 aromatic carbocycles. The Hall–Kier alpha value is -2.55. The molecule has 0 unspecified atom stereocenters. The summed E-state index contributed by atoms with van der Waals surface area (Å²) in [5.74, 6) is 0.129. The Morgan fingerprint density at radius 3 is 2.90 bits per heavy atom. The van der Waals surface area contributed by atoms with Crippen molar-refractivity contribution in [1.29, 1.82) is 5.26 Å². The summed E-state index contributed by atoms with van der Waals surface area (Å²) in [6.45, 7) is 3.92. The van der Waals surface area contributed by atoms with Crippen LogP contribution in [-0.4, -0.2) is 25.5 Å². The van der Waals surface area contributed by atoms with Crippen LogP contribution in [0.25, 0.3) is 0 Å². The molecule has 110 valence electrons. The zero-order valence-electron chi connectivity index (χ0n) is 12.3. The molecule has 0 fully saturated rings. The van der Waals surface area contributed by atoms with E-state index in [4.69, 9.17) is 10.00 Å². The maximum absolute atomic E-state index is 12.3. The normalized spacial score (nSPS) is 16.3. The van der Waals surface area contributed by atoms with Crippen LogP contribution in [0.1, 0.15) is 20.3 Å². The third-order valence-corrected chi connectivity index (χ3v) is 3.32. The summed E-state index contributed by atoms with van der Waals surface area (Å²) in [6, 6.07) is 6.85. The van der Waals surface area contributed by atoms with Gasteiger partial charge in [-0.05, 0) is 26.0 Å². The van der Waals surface area contributed by atoms with E-state index in [0.717, 1.165) is 0 Å². The predicted octanol–water partition coefficient (Wildman–Crippen LogP) is 1.92. The van der Waals surface area contributed by atoms with E-state index in [9.17, 15) is 9.59 Å². The molecular formula is C15H17N3O3. The Kier molecular flexibility index (Phi) is 3.85. The van der Waals surface area contributed by atoms with E-state index in [2.05, 4.69) is 5.32 Å². The van der Waals surface area contributed by atoms with Crippen LogP contribution in [0.3, 0.4) is 0 Å². The number of nitrogens with zero attached hydrogens (tertiary/aromatic N) is 2. The highest BCUT2D eigenvalue weighted by Crippen LogP contribution is 2.37. The molecule has 2 amide bonds. The predicted molar refractivity (Wildman–Crippen MR) is 78.0 cm³/mol. The molecule has 2 rings (SSSR count). The molecule has 0 atom stereocenters. The lowest BCUT2D eigenvalue weighted by Gasteiger charge is -2.24. The summed E-state index contributed by atoms with van der Waals surface area (Å²) >= 11 is 0. The number of benzene rings is 1. The Morgan fingerprint density at radius 2 is 2.24 bits per heavy atom. The van der Waals surface area contributed by atoms with Crippen LogP contribution in [0.5, 0.6) is 5.75 Å². The van der Waals surface area contributed by atoms with Crippen molar-refractivity contribution >= 4 is 23.2 Å². The largest absolute Gasteiger partial charge is 0.490 e. The molecular weight excluding hydrogens is 270 g/mol. The van der Waals surface area contributed by atoms with Crippen molar-refractivity contribution in [2.45, 2.75) is 20.3 Å². The minimum atomic E-state index is -0.613. The lowest BCUT2D eigenvalue weighted by atomic mass is 9.93. The monoisotopic (exact) mass is 287 g/mol. The van der Waals surface area contributed by atoms with Crippen molar-refractivity contribution in [2.24, 2.45) is 5.41 Å². The number of fused-ring (bicyclic) bond motifs is 1. The van der Waals surface area contributed by atoms with Gasteiger partial charge >= 0.3 is 0 Å². The highest BCUT2D eigenvalue weighted by Gasteiger charge is 2.36. The van der Waals surface area contributed by atoms with Crippen LogP contribution in [0.15, 0.2) is 18.2 Å². The average Bonchev–Trinajstić information content (AvgIpc) is 2.51. The van der Waals surface area contributed by atoms with E-state index in [1.807, 2.05) is 13.8 Å². The van der Waals surface area contributed by atoms with Crippen molar-refractivity contribution in [3.05, 3.63) is 18.2 Å². The number of amides is 2. The number of hydrogen-bond donors (Lipinski definition) is 1. The number of nitriles is 1. The van der Waals surface area contributed by atoms with E-state index in [0.29, 0.717) is 17.1 Å². The lowest BCUT2D eigenvalue weighted by Crippen LogP contribution is -2.39. The smallest absolute Gasteiger partial charge is 0.238 e. The van der Waals surface area contributed by atoms with Crippen LogP contribution in [0, 0.1) is 16.7 Å². The number of carbonyl (C=O) groups excluding carboxylic acids is 2. The van der Waals surface area contributed by atoms with Crippen molar-refractivity contribution in [1.82, 2.24) is 0 Å². The standard InChI is InChI=1S/C15H17N3O3/c1-15(2)9-21-12-8-10(17-13(19)6-7-16)4-5-11(12)18(3)14(15)20/h4-5,8H,6,9H2,1-3H3,(H,17,19). The third-order valence-electron chi connectivity index (χ3n) is 3.32. The van der Waals surface area contributed by atoms with Crippen LogP contribution < -0.4 is 15.0 Å². The fraction of sp³-hybridized carbons (Fsp3) is 0.400. The lowest BCUT2D eigenvalue weighted by molar-refractivity contribution is -0.127. The number of rotatable bonds is 2. The highest BCUT2D eigenvalue weighted by atomic mass is 16.5. The number of anilines is 2. The Morgan fingerprint density at radius 1 is 1.52 bits per heavy atom. The fourth-order valence-corrected chi connectivity index (χ4v) is 2.14. The first-order chi connectivity index (χ1) is 9.85. The summed E-state index contributed by atoms with van der Waals surface area (Å²) in [4.78, 5) is 25.3. The average molecular weight is 287 g/mol. The second-order valence-electron chi connectivity index (χ2n) is 5.60. The first kappa shape index (κ1) is 14.9. The van der Waals surface area contributed by atoms with Gasteiger partial charge < -0.3 is 15.0 Å². The zero-order valence-corrected chi connectivity index (χ0v) is 12.3. The molecule has 21 heavy (non-hydrogen) atoms. The molecule has 0 bridgehead atoms. The molecule has 6 heteroatoms. The van der Waals surface area contributed by atoms with Gasteiger partial charge in [0.15, 0.2) is 0 Å². The number of carbonyl (C=O) groups is 2. The van der Waals surface area contributed by atoms with Crippen molar-refractivity contribution < 1.29 is 14.3 Å². The van der Waals surface area contributed by atoms with Gasteiger partial charge in [-0.25, -0.2) is 0 Å². The molecule has 0 saturated carbocycles. The van der Waals surface area contributed by atoms with Crippen molar-refractivity contribution in [3.8, 4) is 11.8 Å². The molecule has 1 aromatic rings. The molecule has 0 aromatic heterocycles. The van der Waals surface area contributed by atoms with Gasteiger partial charge in [-0.3, -0.25) is 9.59 Å². The second-order valence-corrected chi connectivity index (χ2v) is 5.60.